The molecule has 10 rings (SSSR count). The first kappa shape index (κ1) is 35.2. The van der Waals surface area contributed by atoms with Crippen LogP contribution in [0, 0.1) is 20.8 Å². The zero-order valence-corrected chi connectivity index (χ0v) is 32.8. The van der Waals surface area contributed by atoms with Crippen molar-refractivity contribution in [3.8, 4) is 67.5 Å². The molecular formula is C55H41N3. The molecule has 9 aromatic rings. The highest BCUT2D eigenvalue weighted by Crippen LogP contribution is 2.58. The van der Waals surface area contributed by atoms with Gasteiger partial charge in [-0.15, -0.1) is 0 Å². The Labute approximate surface area is 340 Å². The van der Waals surface area contributed by atoms with Crippen molar-refractivity contribution < 1.29 is 0 Å². The van der Waals surface area contributed by atoms with E-state index in [9.17, 15) is 0 Å². The summed E-state index contributed by atoms with van der Waals surface area (Å²) in [6.45, 7) is 6.78. The van der Waals surface area contributed by atoms with Gasteiger partial charge in [-0.2, -0.15) is 0 Å². The number of aromatic nitrogens is 3. The highest BCUT2D eigenvalue weighted by Gasteiger charge is 2.47. The van der Waals surface area contributed by atoms with E-state index in [0.29, 0.717) is 17.5 Å². The van der Waals surface area contributed by atoms with Gasteiger partial charge in [0.15, 0.2) is 17.5 Å². The van der Waals surface area contributed by atoms with Crippen molar-refractivity contribution in [2.75, 3.05) is 0 Å². The summed E-state index contributed by atoms with van der Waals surface area (Å²) in [7, 11) is 0. The van der Waals surface area contributed by atoms with Gasteiger partial charge in [0.25, 0.3) is 0 Å². The summed E-state index contributed by atoms with van der Waals surface area (Å²) in [5, 5.41) is 0. The zero-order chi connectivity index (χ0) is 39.2. The second-order valence-electron chi connectivity index (χ2n) is 15.3. The van der Waals surface area contributed by atoms with E-state index in [-0.39, 0.29) is 0 Å². The zero-order valence-electron chi connectivity index (χ0n) is 32.8. The molecule has 1 unspecified atom stereocenters. The van der Waals surface area contributed by atoms with Crippen molar-refractivity contribution in [2.24, 2.45) is 0 Å². The minimum atomic E-state index is -0.558. The summed E-state index contributed by atoms with van der Waals surface area (Å²) >= 11 is 0. The first-order valence-corrected chi connectivity index (χ1v) is 19.9. The number of hydrogen-bond donors (Lipinski definition) is 0. The first-order chi connectivity index (χ1) is 28.5. The van der Waals surface area contributed by atoms with E-state index in [1.807, 2.05) is 60.7 Å². The van der Waals surface area contributed by atoms with E-state index >= 15 is 0 Å². The van der Waals surface area contributed by atoms with Crippen molar-refractivity contribution in [2.45, 2.75) is 26.2 Å². The van der Waals surface area contributed by atoms with Crippen molar-refractivity contribution in [3.63, 3.8) is 0 Å². The standard InChI is InChI=1S/C55H41N3/c1-36-18-10-12-26-44(36)45-28-17-31-49(38(45)3)55(48-29-14-11-19-37(48)2)50-30-15-13-27-46(50)47-33-32-42(35-51(47)55)41-24-16-25-43(34-41)54-57-52(39-20-6-4-7-21-39)56-53(58-54)40-22-8-5-9-23-40/h4-35H,1-3H3. The number of rotatable bonds is 7. The third-order valence-electron chi connectivity index (χ3n) is 11.9. The maximum absolute atomic E-state index is 5.06. The molecule has 1 aliphatic carbocycles. The summed E-state index contributed by atoms with van der Waals surface area (Å²) in [6.07, 6.45) is 0. The molecule has 276 valence electrons. The molecule has 3 nitrogen and oxygen atoms in total. The number of fused-ring (bicyclic) bond motifs is 3. The Hall–Kier alpha value is -7.23. The fraction of sp³-hybridized carbons (Fsp3) is 0.0727. The van der Waals surface area contributed by atoms with E-state index in [1.54, 1.807) is 0 Å². The number of aryl methyl sites for hydroxylation is 2. The average molecular weight is 744 g/mol. The van der Waals surface area contributed by atoms with E-state index in [1.165, 1.54) is 61.2 Å². The van der Waals surface area contributed by atoms with Crippen LogP contribution in [0.25, 0.3) is 67.5 Å². The van der Waals surface area contributed by atoms with E-state index in [2.05, 4.69) is 154 Å². The van der Waals surface area contributed by atoms with Crippen LogP contribution in [-0.2, 0) is 5.41 Å². The lowest BCUT2D eigenvalue weighted by atomic mass is 9.64. The molecule has 1 aliphatic rings. The van der Waals surface area contributed by atoms with Crippen molar-refractivity contribution in [3.05, 3.63) is 233 Å². The number of hydrogen-bond acceptors (Lipinski definition) is 3. The summed E-state index contributed by atoms with van der Waals surface area (Å²) in [5.74, 6) is 1.94. The molecule has 3 heteroatoms. The fourth-order valence-corrected chi connectivity index (χ4v) is 9.16. The minimum absolute atomic E-state index is 0.558. The topological polar surface area (TPSA) is 38.7 Å². The Kier molecular flexibility index (Phi) is 8.72. The third kappa shape index (κ3) is 5.78. The lowest BCUT2D eigenvalue weighted by molar-refractivity contribution is 0.755. The van der Waals surface area contributed by atoms with Crippen LogP contribution < -0.4 is 0 Å². The SMILES string of the molecule is Cc1ccccc1-c1cccc(C2(c3ccccc3C)c3ccccc3-c3ccc(-c4cccc(-c5nc(-c6ccccc6)nc(-c6ccccc6)n5)c4)cc32)c1C. The molecule has 0 saturated carbocycles. The van der Waals surface area contributed by atoms with Gasteiger partial charge in [0.2, 0.25) is 0 Å². The quantitative estimate of drug-likeness (QED) is 0.163. The molecule has 8 aromatic carbocycles. The molecule has 0 fully saturated rings. The predicted molar refractivity (Wildman–Crippen MR) is 239 cm³/mol. The Morgan fingerprint density at radius 2 is 0.759 bits per heavy atom. The largest absolute Gasteiger partial charge is 0.208 e. The van der Waals surface area contributed by atoms with Crippen LogP contribution in [0.15, 0.2) is 194 Å². The van der Waals surface area contributed by atoms with Crippen LogP contribution in [-0.4, -0.2) is 15.0 Å². The maximum Gasteiger partial charge on any atom is 0.164 e. The second kappa shape index (κ2) is 14.4. The normalized spacial score (nSPS) is 14.2. The molecular weight excluding hydrogens is 703 g/mol. The van der Waals surface area contributed by atoms with Crippen LogP contribution in [0.1, 0.15) is 38.9 Å². The van der Waals surface area contributed by atoms with Crippen LogP contribution >= 0.6 is 0 Å². The Morgan fingerprint density at radius 1 is 0.293 bits per heavy atom. The molecule has 0 saturated heterocycles. The second-order valence-corrected chi connectivity index (χ2v) is 15.3. The molecule has 0 N–H and O–H groups in total. The molecule has 0 bridgehead atoms. The van der Waals surface area contributed by atoms with Gasteiger partial charge in [0, 0.05) is 16.7 Å². The third-order valence-corrected chi connectivity index (χ3v) is 11.9. The number of benzene rings is 8. The van der Waals surface area contributed by atoms with E-state index in [4.69, 9.17) is 15.0 Å². The first-order valence-electron chi connectivity index (χ1n) is 19.9. The van der Waals surface area contributed by atoms with Crippen molar-refractivity contribution >= 4 is 0 Å². The van der Waals surface area contributed by atoms with Gasteiger partial charge in [0.1, 0.15) is 0 Å². The highest BCUT2D eigenvalue weighted by atomic mass is 15.0. The van der Waals surface area contributed by atoms with E-state index < -0.39 is 5.41 Å². The van der Waals surface area contributed by atoms with Gasteiger partial charge >= 0.3 is 0 Å². The van der Waals surface area contributed by atoms with Gasteiger partial charge in [-0.1, -0.05) is 182 Å². The molecule has 1 atom stereocenters. The Morgan fingerprint density at radius 3 is 1.43 bits per heavy atom. The predicted octanol–water partition coefficient (Wildman–Crippen LogP) is 13.5. The van der Waals surface area contributed by atoms with Gasteiger partial charge < -0.3 is 0 Å². The number of nitrogens with zero attached hydrogens (tertiary/aromatic N) is 3. The summed E-state index contributed by atoms with van der Waals surface area (Å²) in [6, 6.07) is 69.6. The molecule has 0 amide bonds. The molecule has 0 radical (unpaired) electrons. The van der Waals surface area contributed by atoms with Gasteiger partial charge in [-0.25, -0.2) is 15.0 Å². The highest BCUT2D eigenvalue weighted by molar-refractivity contribution is 5.90. The summed E-state index contributed by atoms with van der Waals surface area (Å²) in [4.78, 5) is 15.1. The van der Waals surface area contributed by atoms with Gasteiger partial charge in [-0.05, 0) is 105 Å². The monoisotopic (exact) mass is 743 g/mol. The van der Waals surface area contributed by atoms with Crippen LogP contribution in [0.4, 0.5) is 0 Å². The average Bonchev–Trinajstić information content (AvgIpc) is 3.57. The van der Waals surface area contributed by atoms with Crippen molar-refractivity contribution in [1.29, 1.82) is 0 Å². The molecule has 0 spiro atoms. The van der Waals surface area contributed by atoms with Gasteiger partial charge in [-0.3, -0.25) is 0 Å². The fourth-order valence-electron chi connectivity index (χ4n) is 9.16. The maximum atomic E-state index is 5.06. The molecule has 58 heavy (non-hydrogen) atoms. The summed E-state index contributed by atoms with van der Waals surface area (Å²) in [5.41, 5.74) is 18.6. The lowest BCUT2D eigenvalue weighted by Gasteiger charge is -2.37. The smallest absolute Gasteiger partial charge is 0.164 e. The van der Waals surface area contributed by atoms with E-state index in [0.717, 1.165) is 27.8 Å². The molecule has 1 heterocycles. The Bertz CT molecular complexity index is 2930. The lowest BCUT2D eigenvalue weighted by Crippen LogP contribution is -2.30. The van der Waals surface area contributed by atoms with Crippen LogP contribution in [0.2, 0.25) is 0 Å². The summed E-state index contributed by atoms with van der Waals surface area (Å²) < 4.78 is 0. The Balaban J connectivity index is 1.19. The molecule has 0 aliphatic heterocycles. The minimum Gasteiger partial charge on any atom is -0.208 e. The van der Waals surface area contributed by atoms with Crippen LogP contribution in [0.3, 0.4) is 0 Å². The molecule has 1 aromatic heterocycles. The van der Waals surface area contributed by atoms with Crippen LogP contribution in [0.5, 0.6) is 0 Å². The van der Waals surface area contributed by atoms with Gasteiger partial charge in [0.05, 0.1) is 5.41 Å². The van der Waals surface area contributed by atoms with Crippen molar-refractivity contribution in [1.82, 2.24) is 15.0 Å².